The fourth-order valence-electron chi connectivity index (χ4n) is 1.78. The summed E-state index contributed by atoms with van der Waals surface area (Å²) in [6, 6.07) is 7.27. The first-order chi connectivity index (χ1) is 10.0. The van der Waals surface area contributed by atoms with Crippen molar-refractivity contribution in [1.82, 2.24) is 5.32 Å². The van der Waals surface area contributed by atoms with Gasteiger partial charge in [0.2, 0.25) is 0 Å². The molecule has 0 saturated carbocycles. The highest BCUT2D eigenvalue weighted by Gasteiger charge is 2.10. The lowest BCUT2D eigenvalue weighted by molar-refractivity contribution is 0.0950. The minimum atomic E-state index is -1.11. The molecule has 2 rings (SSSR count). The normalized spacial score (nSPS) is 10.5. The third kappa shape index (κ3) is 3.61. The van der Waals surface area contributed by atoms with Crippen LogP contribution in [-0.4, -0.2) is 5.91 Å². The maximum Gasteiger partial charge on any atom is 0.251 e. The Kier molecular flexibility index (Phi) is 4.59. The Balaban J connectivity index is 2.05. The molecule has 2 aromatic rings. The van der Waals surface area contributed by atoms with Crippen molar-refractivity contribution in [2.45, 2.75) is 13.1 Å². The van der Waals surface area contributed by atoms with Gasteiger partial charge >= 0.3 is 0 Å². The fraction of sp³-hybridized carbons (Fsp3) is 0.133. The van der Waals surface area contributed by atoms with Crippen molar-refractivity contribution < 1.29 is 18.0 Å². The number of halogens is 3. The van der Waals surface area contributed by atoms with Gasteiger partial charge in [0.1, 0.15) is 5.82 Å². The number of nitrogens with two attached hydrogens (primary N) is 1. The average Bonchev–Trinajstić information content (AvgIpc) is 2.48. The molecule has 110 valence electrons. The Hall–Kier alpha value is -2.34. The van der Waals surface area contributed by atoms with Crippen LogP contribution in [0.5, 0.6) is 0 Å². The molecule has 3 nitrogen and oxygen atoms in total. The van der Waals surface area contributed by atoms with Crippen LogP contribution in [0.25, 0.3) is 0 Å². The van der Waals surface area contributed by atoms with Gasteiger partial charge in [-0.3, -0.25) is 4.79 Å². The number of hydrogen-bond acceptors (Lipinski definition) is 2. The first kappa shape index (κ1) is 15.1. The molecule has 0 aromatic heterocycles. The summed E-state index contributed by atoms with van der Waals surface area (Å²) in [5, 5.41) is 2.44. The molecule has 0 spiro atoms. The Morgan fingerprint density at radius 1 is 1.00 bits per heavy atom. The van der Waals surface area contributed by atoms with Crippen molar-refractivity contribution in [3.8, 4) is 0 Å². The molecule has 2 aromatic carbocycles. The lowest BCUT2D eigenvalue weighted by atomic mass is 10.1. The topological polar surface area (TPSA) is 55.1 Å². The summed E-state index contributed by atoms with van der Waals surface area (Å²) in [4.78, 5) is 11.8. The second kappa shape index (κ2) is 6.41. The third-order valence-corrected chi connectivity index (χ3v) is 2.97. The molecule has 0 atom stereocenters. The number of rotatable bonds is 4. The van der Waals surface area contributed by atoms with Crippen molar-refractivity contribution in [2.24, 2.45) is 5.73 Å². The highest BCUT2D eigenvalue weighted by Crippen LogP contribution is 2.11. The molecule has 0 aliphatic carbocycles. The third-order valence-electron chi connectivity index (χ3n) is 2.97. The van der Waals surface area contributed by atoms with E-state index in [-0.39, 0.29) is 24.2 Å². The van der Waals surface area contributed by atoms with E-state index in [2.05, 4.69) is 5.32 Å². The van der Waals surface area contributed by atoms with E-state index in [4.69, 9.17) is 5.73 Å². The number of benzene rings is 2. The van der Waals surface area contributed by atoms with E-state index in [0.717, 1.165) is 18.2 Å². The van der Waals surface area contributed by atoms with Crippen LogP contribution in [0.4, 0.5) is 13.2 Å². The Bertz CT molecular complexity index is 674. The van der Waals surface area contributed by atoms with E-state index in [9.17, 15) is 18.0 Å². The van der Waals surface area contributed by atoms with E-state index < -0.39 is 23.4 Å². The largest absolute Gasteiger partial charge is 0.348 e. The number of amides is 1. The molecule has 6 heteroatoms. The maximum absolute atomic E-state index is 13.7. The molecular formula is C15H13F3N2O. The summed E-state index contributed by atoms with van der Waals surface area (Å²) < 4.78 is 39.5. The number of carbonyl (C=O) groups excluding carboxylic acids is 1. The summed E-state index contributed by atoms with van der Waals surface area (Å²) in [7, 11) is 0. The first-order valence-corrected chi connectivity index (χ1v) is 6.22. The van der Waals surface area contributed by atoms with Crippen LogP contribution >= 0.6 is 0 Å². The van der Waals surface area contributed by atoms with Crippen LogP contribution in [0.3, 0.4) is 0 Å². The van der Waals surface area contributed by atoms with Crippen LogP contribution in [-0.2, 0) is 13.1 Å². The molecule has 0 saturated heterocycles. The van der Waals surface area contributed by atoms with Crippen molar-refractivity contribution in [1.29, 1.82) is 0 Å². The van der Waals surface area contributed by atoms with Gasteiger partial charge in [0, 0.05) is 24.2 Å². The molecule has 0 unspecified atom stereocenters. The molecule has 0 aliphatic heterocycles. The molecule has 1 amide bonds. The van der Waals surface area contributed by atoms with E-state index in [1.165, 1.54) is 12.1 Å². The van der Waals surface area contributed by atoms with Crippen LogP contribution in [0, 0.1) is 17.5 Å². The van der Waals surface area contributed by atoms with Crippen molar-refractivity contribution in [3.63, 3.8) is 0 Å². The molecule has 0 aliphatic rings. The highest BCUT2D eigenvalue weighted by atomic mass is 19.2. The smallest absolute Gasteiger partial charge is 0.251 e. The van der Waals surface area contributed by atoms with Gasteiger partial charge in [-0.05, 0) is 29.8 Å². The molecule has 0 radical (unpaired) electrons. The molecular weight excluding hydrogens is 281 g/mol. The lowest BCUT2D eigenvalue weighted by Crippen LogP contribution is -2.23. The van der Waals surface area contributed by atoms with Crippen molar-refractivity contribution >= 4 is 5.91 Å². The zero-order chi connectivity index (χ0) is 15.4. The van der Waals surface area contributed by atoms with Gasteiger partial charge in [0.15, 0.2) is 11.6 Å². The maximum atomic E-state index is 13.7. The quantitative estimate of drug-likeness (QED) is 0.910. The molecule has 21 heavy (non-hydrogen) atoms. The van der Waals surface area contributed by atoms with Crippen LogP contribution in [0.1, 0.15) is 21.5 Å². The first-order valence-electron chi connectivity index (χ1n) is 6.22. The van der Waals surface area contributed by atoms with Gasteiger partial charge in [-0.1, -0.05) is 12.1 Å². The Labute approximate surface area is 119 Å². The average molecular weight is 294 g/mol. The monoisotopic (exact) mass is 294 g/mol. The van der Waals surface area contributed by atoms with E-state index in [1.54, 1.807) is 6.07 Å². The van der Waals surface area contributed by atoms with Crippen LogP contribution < -0.4 is 11.1 Å². The van der Waals surface area contributed by atoms with E-state index in [1.807, 2.05) is 0 Å². The van der Waals surface area contributed by atoms with Crippen molar-refractivity contribution in [3.05, 3.63) is 70.5 Å². The second-order valence-electron chi connectivity index (χ2n) is 4.44. The predicted octanol–water partition coefficient (Wildman–Crippen LogP) is 2.49. The predicted molar refractivity (Wildman–Crippen MR) is 71.8 cm³/mol. The summed E-state index contributed by atoms with van der Waals surface area (Å²) in [6.45, 7) is 0.160. The van der Waals surface area contributed by atoms with E-state index >= 15 is 0 Å². The standard InChI is InChI=1S/C15H13F3N2O/c16-12-4-3-10(6-14(12)18)15(21)20-8-11-2-1-9(7-19)5-13(11)17/h1-6H,7-8,19H2,(H,20,21). The van der Waals surface area contributed by atoms with Gasteiger partial charge in [0.05, 0.1) is 0 Å². The minimum Gasteiger partial charge on any atom is -0.348 e. The van der Waals surface area contributed by atoms with Gasteiger partial charge in [0.25, 0.3) is 5.91 Å². The van der Waals surface area contributed by atoms with Gasteiger partial charge < -0.3 is 11.1 Å². The Morgan fingerprint density at radius 3 is 2.38 bits per heavy atom. The zero-order valence-corrected chi connectivity index (χ0v) is 11.0. The Morgan fingerprint density at radius 2 is 1.76 bits per heavy atom. The van der Waals surface area contributed by atoms with Gasteiger partial charge in [-0.2, -0.15) is 0 Å². The van der Waals surface area contributed by atoms with Gasteiger partial charge in [-0.15, -0.1) is 0 Å². The summed E-state index contributed by atoms with van der Waals surface area (Å²) in [5.74, 6) is -3.24. The minimum absolute atomic E-state index is 0.0344. The fourth-order valence-corrected chi connectivity index (χ4v) is 1.78. The lowest BCUT2D eigenvalue weighted by Gasteiger charge is -2.08. The molecule has 0 heterocycles. The second-order valence-corrected chi connectivity index (χ2v) is 4.44. The van der Waals surface area contributed by atoms with Crippen LogP contribution in [0.15, 0.2) is 36.4 Å². The molecule has 3 N–H and O–H groups in total. The summed E-state index contributed by atoms with van der Waals surface area (Å²) >= 11 is 0. The number of hydrogen-bond donors (Lipinski definition) is 2. The summed E-state index contributed by atoms with van der Waals surface area (Å²) in [6.07, 6.45) is 0. The van der Waals surface area contributed by atoms with Crippen LogP contribution in [0.2, 0.25) is 0 Å². The number of carbonyl (C=O) groups is 1. The SMILES string of the molecule is NCc1ccc(CNC(=O)c2ccc(F)c(F)c2)c(F)c1. The zero-order valence-electron chi connectivity index (χ0n) is 11.0. The number of nitrogens with one attached hydrogen (secondary N) is 1. The summed E-state index contributed by atoms with van der Waals surface area (Å²) in [5.41, 5.74) is 6.28. The van der Waals surface area contributed by atoms with E-state index in [0.29, 0.717) is 5.56 Å². The molecule has 0 fully saturated rings. The highest BCUT2D eigenvalue weighted by molar-refractivity contribution is 5.94. The molecule has 0 bridgehead atoms. The van der Waals surface area contributed by atoms with Gasteiger partial charge in [-0.25, -0.2) is 13.2 Å². The van der Waals surface area contributed by atoms with Crippen molar-refractivity contribution in [2.75, 3.05) is 0 Å².